The highest BCUT2D eigenvalue weighted by Crippen LogP contribution is 2.48. The number of aliphatic hydroxyl groups excluding tert-OH is 1. The number of carbonyl (C=O) groups excluding carboxylic acids is 1. The molecule has 6 atom stereocenters. The van der Waals surface area contributed by atoms with Crippen molar-refractivity contribution >= 4 is 31.1 Å². The Bertz CT molecular complexity index is 1160. The molecule has 0 bridgehead atoms. The minimum atomic E-state index is -4.21. The summed E-state index contributed by atoms with van der Waals surface area (Å²) in [6, 6.07) is 8.53. The first-order valence-corrected chi connectivity index (χ1v) is 13.1. The molecule has 1 aromatic carbocycles. The number of aromatic nitrogens is 2. The van der Waals surface area contributed by atoms with Crippen molar-refractivity contribution in [1.82, 2.24) is 14.6 Å². The number of nitrogens with two attached hydrogens (primary N) is 1. The molecule has 4 N–H and O–H groups in total. The van der Waals surface area contributed by atoms with E-state index < -0.39 is 55.4 Å². The van der Waals surface area contributed by atoms with E-state index in [4.69, 9.17) is 35.9 Å². The van der Waals surface area contributed by atoms with Gasteiger partial charge in [-0.3, -0.25) is 13.9 Å². The van der Waals surface area contributed by atoms with Crippen LogP contribution in [-0.4, -0.2) is 56.5 Å². The molecule has 14 heteroatoms. The number of carbonyl (C=O) groups is 1. The predicted molar refractivity (Wildman–Crippen MR) is 132 cm³/mol. The summed E-state index contributed by atoms with van der Waals surface area (Å²) in [5.41, 5.74) is 4.82. The van der Waals surface area contributed by atoms with Crippen LogP contribution in [0.3, 0.4) is 0 Å². The molecule has 1 aromatic heterocycles. The molecule has 0 aliphatic carbocycles. The number of hydrogen-bond acceptors (Lipinski definition) is 10. The zero-order valence-electron chi connectivity index (χ0n) is 20.2. The maximum absolute atomic E-state index is 13.6. The number of ether oxygens (including phenoxy) is 2. The highest BCUT2D eigenvalue weighted by molar-refractivity contribution is 7.52. The van der Waals surface area contributed by atoms with E-state index in [0.29, 0.717) is 0 Å². The van der Waals surface area contributed by atoms with E-state index in [2.05, 4.69) is 10.1 Å². The number of rotatable bonds is 10. The lowest BCUT2D eigenvalue weighted by atomic mass is 10.0. The first kappa shape index (κ1) is 28.1. The normalized spacial score (nSPS) is 26.4. The number of nitrogens with one attached hydrogen (secondary N) is 1. The van der Waals surface area contributed by atoms with Crippen molar-refractivity contribution in [2.45, 2.75) is 63.2 Å². The molecule has 1 saturated heterocycles. The second-order valence-corrected chi connectivity index (χ2v) is 11.2. The number of nitrogen functional groups attached to an aromatic ring is 1. The van der Waals surface area contributed by atoms with Gasteiger partial charge in [0.2, 0.25) is 0 Å². The van der Waals surface area contributed by atoms with Crippen molar-refractivity contribution in [3.05, 3.63) is 53.1 Å². The van der Waals surface area contributed by atoms with Crippen molar-refractivity contribution in [2.24, 2.45) is 0 Å². The molecule has 198 valence electrons. The smallest absolute Gasteiger partial charge is 0.459 e. The van der Waals surface area contributed by atoms with E-state index >= 15 is 0 Å². The largest absolute Gasteiger partial charge is 0.462 e. The van der Waals surface area contributed by atoms with Crippen LogP contribution < -0.4 is 21.0 Å². The van der Waals surface area contributed by atoms with Crippen LogP contribution in [0, 0.1) is 0 Å². The van der Waals surface area contributed by atoms with Gasteiger partial charge < -0.3 is 24.8 Å². The van der Waals surface area contributed by atoms with Crippen molar-refractivity contribution in [3.8, 4) is 5.75 Å². The zero-order valence-corrected chi connectivity index (χ0v) is 21.9. The number of anilines is 1. The molecule has 1 aliphatic heterocycles. The van der Waals surface area contributed by atoms with Gasteiger partial charge in [0.05, 0.1) is 12.7 Å². The Kier molecular flexibility index (Phi) is 8.81. The average Bonchev–Trinajstić information content (AvgIpc) is 3.01. The molecule has 1 aliphatic rings. The third-order valence-corrected chi connectivity index (χ3v) is 7.31. The van der Waals surface area contributed by atoms with Crippen molar-refractivity contribution < 1.29 is 33.0 Å². The van der Waals surface area contributed by atoms with Crippen LogP contribution >= 0.6 is 19.3 Å². The molecule has 0 radical (unpaired) electrons. The topological polar surface area (TPSA) is 164 Å². The van der Waals surface area contributed by atoms with E-state index in [1.165, 1.54) is 26.1 Å². The van der Waals surface area contributed by atoms with E-state index in [-0.39, 0.29) is 17.7 Å². The summed E-state index contributed by atoms with van der Waals surface area (Å²) in [6.45, 7) is 5.83. The molecule has 2 heterocycles. The fourth-order valence-corrected chi connectivity index (χ4v) is 5.26. The molecule has 1 fully saturated rings. The Morgan fingerprint density at radius 3 is 2.61 bits per heavy atom. The maximum Gasteiger partial charge on any atom is 0.459 e. The van der Waals surface area contributed by atoms with Gasteiger partial charge in [-0.1, -0.05) is 18.2 Å². The fraction of sp³-hybridized carbons (Fsp3) is 0.500. The monoisotopic (exact) mass is 544 g/mol. The van der Waals surface area contributed by atoms with Gasteiger partial charge in [-0.05, 0) is 45.9 Å². The molecular weight excluding hydrogens is 515 g/mol. The Hall–Kier alpha value is -2.47. The van der Waals surface area contributed by atoms with Gasteiger partial charge in [-0.15, -0.1) is 11.6 Å². The quantitative estimate of drug-likeness (QED) is 0.228. The number of nitrogens with zero attached hydrogens (tertiary/aromatic N) is 2. The lowest BCUT2D eigenvalue weighted by molar-refractivity contribution is -0.149. The molecule has 12 nitrogen and oxygen atoms in total. The maximum atomic E-state index is 13.6. The van der Waals surface area contributed by atoms with Crippen LogP contribution in [0.15, 0.2) is 47.4 Å². The van der Waals surface area contributed by atoms with Crippen molar-refractivity contribution in [1.29, 1.82) is 0 Å². The highest BCUT2D eigenvalue weighted by atomic mass is 35.5. The van der Waals surface area contributed by atoms with Crippen molar-refractivity contribution in [2.75, 3.05) is 12.3 Å². The van der Waals surface area contributed by atoms with E-state index in [1.807, 2.05) is 0 Å². The number of alkyl halides is 1. The van der Waals surface area contributed by atoms with Gasteiger partial charge in [-0.25, -0.2) is 9.36 Å². The van der Waals surface area contributed by atoms with Crippen LogP contribution in [0.1, 0.15) is 33.9 Å². The minimum Gasteiger partial charge on any atom is -0.462 e. The number of hydrogen-bond donors (Lipinski definition) is 3. The van der Waals surface area contributed by atoms with Crippen LogP contribution in [0.5, 0.6) is 5.75 Å². The molecule has 0 saturated carbocycles. The Morgan fingerprint density at radius 2 is 2.00 bits per heavy atom. The Labute approximate surface area is 213 Å². The Morgan fingerprint density at radius 1 is 1.33 bits per heavy atom. The molecular formula is C22H30ClN4O8P. The van der Waals surface area contributed by atoms with Gasteiger partial charge in [0.15, 0.2) is 6.23 Å². The highest BCUT2D eigenvalue weighted by Gasteiger charge is 2.54. The molecule has 0 amide bonds. The molecule has 0 spiro atoms. The summed E-state index contributed by atoms with van der Waals surface area (Å²) in [7, 11) is -4.21. The standard InChI is InChI=1S/C22H30ClN4O8P/c1-13(2)33-19(29)14(3)26-36(31,35-15-8-6-5-7-9-15)32-12-16-18(28)22(4,23)20(34-16)27-11-10-17(24)25-21(27)30/h5-11,13-14,16,18,20,28H,12H2,1-4H3,(H,26,31)(H2,24,25,30)/t14-,16?,18-,20-,22-,36?/m1/s1. The van der Waals surface area contributed by atoms with Gasteiger partial charge in [-0.2, -0.15) is 10.1 Å². The molecule has 2 unspecified atom stereocenters. The summed E-state index contributed by atoms with van der Waals surface area (Å²) in [5, 5.41) is 13.4. The third-order valence-electron chi connectivity index (χ3n) is 5.26. The first-order chi connectivity index (χ1) is 16.8. The van der Waals surface area contributed by atoms with Crippen LogP contribution in [-0.2, 0) is 23.4 Å². The molecule has 36 heavy (non-hydrogen) atoms. The Balaban J connectivity index is 1.79. The molecule has 3 rings (SSSR count). The van der Waals surface area contributed by atoms with Gasteiger partial charge in [0, 0.05) is 6.20 Å². The summed E-state index contributed by atoms with van der Waals surface area (Å²) >= 11 is 6.55. The first-order valence-electron chi connectivity index (χ1n) is 11.2. The SMILES string of the molecule is CC(C)OC(=O)[C@@H](C)NP(=O)(OCC1O[C@@H](n2ccc(N)nc2=O)[C@](C)(Cl)[C@@H]1O)Oc1ccccc1. The van der Waals surface area contributed by atoms with Gasteiger partial charge in [0.25, 0.3) is 0 Å². The van der Waals surface area contributed by atoms with E-state index in [1.54, 1.807) is 44.2 Å². The predicted octanol–water partition coefficient (Wildman–Crippen LogP) is 2.21. The minimum absolute atomic E-state index is 0.0149. The lowest BCUT2D eigenvalue weighted by Gasteiger charge is -2.26. The van der Waals surface area contributed by atoms with Crippen LogP contribution in [0.2, 0.25) is 0 Å². The van der Waals surface area contributed by atoms with E-state index in [0.717, 1.165) is 4.57 Å². The third kappa shape index (κ3) is 6.64. The van der Waals surface area contributed by atoms with Crippen LogP contribution in [0.25, 0.3) is 0 Å². The van der Waals surface area contributed by atoms with Gasteiger partial charge >= 0.3 is 19.4 Å². The summed E-state index contributed by atoms with van der Waals surface area (Å²) in [4.78, 5) is 26.8. The van der Waals surface area contributed by atoms with Crippen molar-refractivity contribution in [3.63, 3.8) is 0 Å². The fourth-order valence-electron chi connectivity index (χ4n) is 3.46. The van der Waals surface area contributed by atoms with E-state index in [9.17, 15) is 19.3 Å². The summed E-state index contributed by atoms with van der Waals surface area (Å²) in [5.74, 6) is -0.433. The average molecular weight is 545 g/mol. The summed E-state index contributed by atoms with van der Waals surface area (Å²) in [6.07, 6.45) is -2.63. The number of aliphatic hydroxyl groups is 1. The summed E-state index contributed by atoms with van der Waals surface area (Å²) < 4.78 is 36.9. The van der Waals surface area contributed by atoms with Crippen LogP contribution in [0.4, 0.5) is 5.82 Å². The number of benzene rings is 1. The second kappa shape index (κ2) is 11.3. The second-order valence-electron chi connectivity index (χ2n) is 8.70. The number of esters is 1. The number of para-hydroxylation sites is 1. The lowest BCUT2D eigenvalue weighted by Crippen LogP contribution is -2.42. The number of halogens is 1. The molecule has 2 aromatic rings. The van der Waals surface area contributed by atoms with Gasteiger partial charge in [0.1, 0.15) is 34.7 Å². The zero-order chi connectivity index (χ0) is 26.7.